The van der Waals surface area contributed by atoms with E-state index in [9.17, 15) is 19.8 Å². The Morgan fingerprint density at radius 2 is 1.60 bits per heavy atom. The highest BCUT2D eigenvalue weighted by Crippen LogP contribution is 2.24. The number of phenolic OH excluding ortho intramolecular Hbond substituents is 1. The summed E-state index contributed by atoms with van der Waals surface area (Å²) in [5.74, 6) is 3.63. The van der Waals surface area contributed by atoms with Gasteiger partial charge in [0.15, 0.2) is 0 Å². The van der Waals surface area contributed by atoms with Crippen molar-refractivity contribution in [2.45, 2.75) is 0 Å². The van der Waals surface area contributed by atoms with Crippen molar-refractivity contribution in [1.29, 1.82) is 0 Å². The maximum atomic E-state index is 11.9. The highest BCUT2D eigenvalue weighted by Gasteiger charge is 2.18. The van der Waals surface area contributed by atoms with E-state index in [1.165, 1.54) is 24.4 Å². The fraction of sp³-hybridized carbons (Fsp3) is 0.348. The molecular weight excluding hydrogens is 458 g/mol. The second-order valence-corrected chi connectivity index (χ2v) is 7.69. The van der Waals surface area contributed by atoms with Gasteiger partial charge in [-0.3, -0.25) is 0 Å². The number of carbonyl (C=O) groups is 2. The van der Waals surface area contributed by atoms with Crippen LogP contribution in [0.3, 0.4) is 0 Å². The minimum Gasteiger partial charge on any atom is -0.507 e. The molecule has 0 saturated carbocycles. The summed E-state index contributed by atoms with van der Waals surface area (Å²) < 4.78 is 10.4. The van der Waals surface area contributed by atoms with E-state index < -0.39 is 5.97 Å². The Hall–Kier alpha value is -4.03. The van der Waals surface area contributed by atoms with Crippen LogP contribution in [-0.4, -0.2) is 91.0 Å². The third-order valence-corrected chi connectivity index (χ3v) is 5.38. The number of hydrogen-bond acceptors (Lipinski definition) is 9. The van der Waals surface area contributed by atoms with Crippen molar-refractivity contribution in [3.8, 4) is 11.5 Å². The Morgan fingerprint density at radius 1 is 0.943 bits per heavy atom. The number of hydrazone groups is 1. The molecule has 0 radical (unpaired) electrons. The van der Waals surface area contributed by atoms with E-state index in [1.807, 2.05) is 6.07 Å². The van der Waals surface area contributed by atoms with Crippen molar-refractivity contribution in [1.82, 2.24) is 4.90 Å². The molecule has 4 rings (SSSR count). The number of aromatic carboxylic acids is 1. The topological polar surface area (TPSA) is 170 Å². The van der Waals surface area contributed by atoms with E-state index in [2.05, 4.69) is 15.3 Å². The normalized spacial score (nSPS) is 15.9. The van der Waals surface area contributed by atoms with Crippen molar-refractivity contribution in [3.63, 3.8) is 0 Å². The van der Waals surface area contributed by atoms with Gasteiger partial charge in [-0.25, -0.2) is 9.59 Å². The SMILES string of the molecule is NN=Cc1ccc(N2CCOCC2)cc1O.O=C(O)c1ccc(NC(=O)N2CCOCC2)cc1O. The van der Waals surface area contributed by atoms with Crippen molar-refractivity contribution >= 4 is 29.6 Å². The minimum atomic E-state index is -1.22. The first-order valence-electron chi connectivity index (χ1n) is 11.0. The molecule has 2 aromatic carbocycles. The maximum Gasteiger partial charge on any atom is 0.339 e. The Labute approximate surface area is 202 Å². The van der Waals surface area contributed by atoms with Crippen LogP contribution in [0.5, 0.6) is 11.5 Å². The molecule has 0 spiro atoms. The van der Waals surface area contributed by atoms with Crippen LogP contribution >= 0.6 is 0 Å². The zero-order valence-corrected chi connectivity index (χ0v) is 19.1. The van der Waals surface area contributed by atoms with Crippen LogP contribution in [0.25, 0.3) is 0 Å². The molecule has 6 N–H and O–H groups in total. The van der Waals surface area contributed by atoms with Gasteiger partial charge in [0.25, 0.3) is 0 Å². The molecule has 2 aliphatic rings. The van der Waals surface area contributed by atoms with E-state index in [0.717, 1.165) is 32.0 Å². The minimum absolute atomic E-state index is 0.193. The van der Waals surface area contributed by atoms with E-state index >= 15 is 0 Å². The smallest absolute Gasteiger partial charge is 0.339 e. The number of amides is 2. The predicted octanol–water partition coefficient (Wildman–Crippen LogP) is 1.48. The number of benzene rings is 2. The monoisotopic (exact) mass is 487 g/mol. The number of nitrogens with two attached hydrogens (primary N) is 1. The molecular formula is C23H29N5O7. The second kappa shape index (κ2) is 12.4. The lowest BCUT2D eigenvalue weighted by Crippen LogP contribution is -2.43. The average Bonchev–Trinajstić information content (AvgIpc) is 2.86. The summed E-state index contributed by atoms with van der Waals surface area (Å²) in [6, 6.07) is 9.06. The molecule has 2 amide bonds. The molecule has 0 bridgehead atoms. The standard InChI is InChI=1S/C12H14N2O5.C11H15N3O2/c15-10-7-8(1-2-9(10)11(16)17)13-12(18)14-3-5-19-6-4-14;12-13-8-9-1-2-10(7-11(9)15)14-3-5-16-6-4-14/h1-2,7,15H,3-6H2,(H,13,18)(H,16,17);1-2,7-8,15H,3-6,12H2. The van der Waals surface area contributed by atoms with Crippen molar-refractivity contribution < 1.29 is 34.4 Å². The third kappa shape index (κ3) is 7.22. The first kappa shape index (κ1) is 25.6. The summed E-state index contributed by atoms with van der Waals surface area (Å²) in [7, 11) is 0. The molecule has 188 valence electrons. The highest BCUT2D eigenvalue weighted by atomic mass is 16.5. The Balaban J connectivity index is 0.000000198. The van der Waals surface area contributed by atoms with Crippen molar-refractivity contribution in [2.75, 3.05) is 62.8 Å². The molecule has 2 fully saturated rings. The summed E-state index contributed by atoms with van der Waals surface area (Å²) in [6.07, 6.45) is 1.43. The van der Waals surface area contributed by atoms with Gasteiger partial charge in [0.05, 0.1) is 32.6 Å². The molecule has 0 atom stereocenters. The number of rotatable bonds is 4. The largest absolute Gasteiger partial charge is 0.507 e. The van der Waals surface area contributed by atoms with Crippen molar-refractivity contribution in [2.24, 2.45) is 10.9 Å². The van der Waals surface area contributed by atoms with Gasteiger partial charge in [-0.1, -0.05) is 0 Å². The lowest BCUT2D eigenvalue weighted by atomic mass is 10.2. The summed E-state index contributed by atoms with van der Waals surface area (Å²) in [4.78, 5) is 26.4. The van der Waals surface area contributed by atoms with Crippen LogP contribution < -0.4 is 16.1 Å². The third-order valence-electron chi connectivity index (χ3n) is 5.38. The summed E-state index contributed by atoms with van der Waals surface area (Å²) >= 11 is 0. The Kier molecular flexibility index (Phi) is 9.09. The fourth-order valence-electron chi connectivity index (χ4n) is 3.50. The number of ether oxygens (including phenoxy) is 2. The molecule has 0 unspecified atom stereocenters. The van der Waals surface area contributed by atoms with Crippen LogP contribution in [0.2, 0.25) is 0 Å². The zero-order chi connectivity index (χ0) is 25.2. The first-order chi connectivity index (χ1) is 16.9. The Morgan fingerprint density at radius 3 is 2.17 bits per heavy atom. The van der Waals surface area contributed by atoms with E-state index in [0.29, 0.717) is 37.6 Å². The number of nitrogens with one attached hydrogen (secondary N) is 1. The van der Waals surface area contributed by atoms with Gasteiger partial charge >= 0.3 is 12.0 Å². The predicted molar refractivity (Wildman–Crippen MR) is 129 cm³/mol. The fourth-order valence-corrected chi connectivity index (χ4v) is 3.50. The van der Waals surface area contributed by atoms with Gasteiger partial charge in [0.2, 0.25) is 0 Å². The first-order valence-corrected chi connectivity index (χ1v) is 11.0. The zero-order valence-electron chi connectivity index (χ0n) is 19.1. The Bertz CT molecular complexity index is 1050. The van der Waals surface area contributed by atoms with E-state index in [-0.39, 0.29) is 23.1 Å². The van der Waals surface area contributed by atoms with Gasteiger partial charge in [0.1, 0.15) is 17.1 Å². The number of nitrogens with zero attached hydrogens (tertiary/aromatic N) is 3. The van der Waals surface area contributed by atoms with E-state index in [4.69, 9.17) is 20.4 Å². The van der Waals surface area contributed by atoms with Crippen LogP contribution in [-0.2, 0) is 9.47 Å². The molecule has 0 aromatic heterocycles. The molecule has 2 saturated heterocycles. The molecule has 2 aromatic rings. The van der Waals surface area contributed by atoms with Gasteiger partial charge in [-0.15, -0.1) is 0 Å². The lowest BCUT2D eigenvalue weighted by molar-refractivity contribution is 0.0564. The second-order valence-electron chi connectivity index (χ2n) is 7.69. The molecule has 0 aliphatic carbocycles. The summed E-state index contributed by atoms with van der Waals surface area (Å²) in [6.45, 7) is 5.16. The number of aromatic hydroxyl groups is 2. The summed E-state index contributed by atoms with van der Waals surface area (Å²) in [5.41, 5.74) is 1.76. The number of carbonyl (C=O) groups excluding carboxylic acids is 1. The van der Waals surface area contributed by atoms with Crippen molar-refractivity contribution in [3.05, 3.63) is 47.5 Å². The summed E-state index contributed by atoms with van der Waals surface area (Å²) in [5, 5.41) is 34.0. The number of urea groups is 1. The van der Waals surface area contributed by atoms with Crippen LogP contribution in [0.4, 0.5) is 16.2 Å². The molecule has 2 aliphatic heterocycles. The molecule has 12 nitrogen and oxygen atoms in total. The molecule has 35 heavy (non-hydrogen) atoms. The highest BCUT2D eigenvalue weighted by molar-refractivity contribution is 5.94. The van der Waals surface area contributed by atoms with Crippen LogP contribution in [0, 0.1) is 0 Å². The number of morpholine rings is 2. The van der Waals surface area contributed by atoms with Gasteiger partial charge in [-0.2, -0.15) is 5.10 Å². The number of carboxylic acids is 1. The van der Waals surface area contributed by atoms with Gasteiger partial charge in [-0.05, 0) is 24.3 Å². The number of anilines is 2. The number of phenols is 2. The van der Waals surface area contributed by atoms with E-state index in [1.54, 1.807) is 17.0 Å². The molecule has 12 heteroatoms. The van der Waals surface area contributed by atoms with Gasteiger partial charge in [0, 0.05) is 55.2 Å². The van der Waals surface area contributed by atoms with Gasteiger partial charge < -0.3 is 45.8 Å². The van der Waals surface area contributed by atoms with Crippen LogP contribution in [0.15, 0.2) is 41.5 Å². The van der Waals surface area contributed by atoms with Crippen LogP contribution in [0.1, 0.15) is 15.9 Å². The quantitative estimate of drug-likeness (QED) is 0.243. The number of hydrogen-bond donors (Lipinski definition) is 5. The maximum absolute atomic E-state index is 11.9. The molecule has 2 heterocycles. The lowest BCUT2D eigenvalue weighted by Gasteiger charge is -2.29. The average molecular weight is 488 g/mol. The number of carboxylic acid groups (broad SMARTS) is 1.